The number of thiazole rings is 1. The summed E-state index contributed by atoms with van der Waals surface area (Å²) in [6, 6.07) is 6.77. The first-order chi connectivity index (χ1) is 13.3. The molecule has 0 bridgehead atoms. The molecule has 28 heavy (non-hydrogen) atoms. The minimum Gasteiger partial charge on any atom is -0.494 e. The standard InChI is InChI=1S/C19H22N2O4S3/c1-5-24-14-7-8-16(25-6-2)15(9-14)21-28(22,23)18-10-17(27-13(18)4)19-20-12(3)11-26-19/h7-11,21H,5-6H2,1-4H3. The molecule has 3 rings (SSSR count). The molecular weight excluding hydrogens is 416 g/mol. The molecule has 2 heterocycles. The molecule has 0 aliphatic rings. The molecule has 9 heteroatoms. The molecule has 0 radical (unpaired) electrons. The van der Waals surface area contributed by atoms with Crippen LogP contribution in [0.5, 0.6) is 11.5 Å². The van der Waals surface area contributed by atoms with Crippen molar-refractivity contribution in [2.45, 2.75) is 32.6 Å². The lowest BCUT2D eigenvalue weighted by Gasteiger charge is -2.14. The lowest BCUT2D eigenvalue weighted by atomic mass is 10.3. The zero-order chi connectivity index (χ0) is 20.3. The smallest absolute Gasteiger partial charge is 0.263 e. The summed E-state index contributed by atoms with van der Waals surface area (Å²) in [6.45, 7) is 8.34. The van der Waals surface area contributed by atoms with E-state index in [1.165, 1.54) is 22.7 Å². The van der Waals surface area contributed by atoms with Crippen molar-refractivity contribution in [3.05, 3.63) is 40.2 Å². The van der Waals surface area contributed by atoms with E-state index in [0.717, 1.165) is 15.6 Å². The molecule has 6 nitrogen and oxygen atoms in total. The number of nitrogens with one attached hydrogen (secondary N) is 1. The largest absolute Gasteiger partial charge is 0.494 e. The number of aromatic nitrogens is 1. The molecule has 0 aliphatic carbocycles. The molecule has 1 aromatic carbocycles. The zero-order valence-corrected chi connectivity index (χ0v) is 18.6. The predicted octanol–water partition coefficient (Wildman–Crippen LogP) is 5.09. The van der Waals surface area contributed by atoms with Crippen LogP contribution in [0, 0.1) is 13.8 Å². The Balaban J connectivity index is 1.96. The van der Waals surface area contributed by atoms with E-state index in [1.807, 2.05) is 26.2 Å². The molecule has 3 aromatic rings. The predicted molar refractivity (Wildman–Crippen MR) is 114 cm³/mol. The number of sulfonamides is 1. The van der Waals surface area contributed by atoms with E-state index in [1.54, 1.807) is 31.2 Å². The summed E-state index contributed by atoms with van der Waals surface area (Å²) in [6.07, 6.45) is 0. The Labute approximate surface area is 173 Å². The van der Waals surface area contributed by atoms with Crippen molar-refractivity contribution in [1.29, 1.82) is 0 Å². The Morgan fingerprint density at radius 3 is 2.50 bits per heavy atom. The van der Waals surface area contributed by atoms with Crippen molar-refractivity contribution < 1.29 is 17.9 Å². The Bertz CT molecular complexity index is 1070. The van der Waals surface area contributed by atoms with Crippen LogP contribution in [-0.4, -0.2) is 26.6 Å². The van der Waals surface area contributed by atoms with Crippen molar-refractivity contribution in [3.63, 3.8) is 0 Å². The number of rotatable bonds is 8. The Kier molecular flexibility index (Phi) is 6.26. The van der Waals surface area contributed by atoms with Gasteiger partial charge in [-0.3, -0.25) is 4.72 Å². The summed E-state index contributed by atoms with van der Waals surface area (Å²) in [4.78, 5) is 6.23. The summed E-state index contributed by atoms with van der Waals surface area (Å²) in [5.41, 5.74) is 1.27. The van der Waals surface area contributed by atoms with E-state index in [4.69, 9.17) is 9.47 Å². The molecule has 2 aromatic heterocycles. The second-order valence-electron chi connectivity index (χ2n) is 5.95. The molecule has 0 spiro atoms. The average Bonchev–Trinajstić information content (AvgIpc) is 3.23. The van der Waals surface area contributed by atoms with Gasteiger partial charge in [-0.15, -0.1) is 22.7 Å². The highest BCUT2D eigenvalue weighted by Gasteiger charge is 2.23. The second-order valence-corrected chi connectivity index (χ2v) is 9.72. The first kappa shape index (κ1) is 20.6. The van der Waals surface area contributed by atoms with Gasteiger partial charge in [-0.05, 0) is 45.9 Å². The topological polar surface area (TPSA) is 77.5 Å². The third-order valence-electron chi connectivity index (χ3n) is 3.80. The number of anilines is 1. The van der Waals surface area contributed by atoms with Gasteiger partial charge in [0.15, 0.2) is 0 Å². The highest BCUT2D eigenvalue weighted by atomic mass is 32.2. The van der Waals surface area contributed by atoms with Crippen LogP contribution >= 0.6 is 22.7 Å². The fourth-order valence-corrected chi connectivity index (χ4v) is 6.15. The molecule has 0 aliphatic heterocycles. The monoisotopic (exact) mass is 438 g/mol. The van der Waals surface area contributed by atoms with Gasteiger partial charge < -0.3 is 9.47 Å². The van der Waals surface area contributed by atoms with E-state index >= 15 is 0 Å². The quantitative estimate of drug-likeness (QED) is 0.530. The van der Waals surface area contributed by atoms with Crippen LogP contribution in [0.4, 0.5) is 5.69 Å². The fraction of sp³-hybridized carbons (Fsp3) is 0.316. The van der Waals surface area contributed by atoms with Gasteiger partial charge in [0.05, 0.1) is 23.8 Å². The van der Waals surface area contributed by atoms with Gasteiger partial charge in [-0.2, -0.15) is 0 Å². The van der Waals surface area contributed by atoms with Gasteiger partial charge in [-0.25, -0.2) is 13.4 Å². The minimum atomic E-state index is -3.80. The fourth-order valence-electron chi connectivity index (χ4n) is 2.63. The van der Waals surface area contributed by atoms with Gasteiger partial charge in [0.2, 0.25) is 0 Å². The van der Waals surface area contributed by atoms with E-state index in [0.29, 0.717) is 35.3 Å². The molecule has 0 unspecified atom stereocenters. The number of aryl methyl sites for hydroxylation is 2. The third kappa shape index (κ3) is 4.48. The summed E-state index contributed by atoms with van der Waals surface area (Å²) in [5.74, 6) is 1.03. The van der Waals surface area contributed by atoms with E-state index in [9.17, 15) is 8.42 Å². The van der Waals surface area contributed by atoms with Crippen molar-refractivity contribution in [1.82, 2.24) is 4.98 Å². The van der Waals surface area contributed by atoms with Gasteiger partial charge in [0.1, 0.15) is 21.4 Å². The van der Waals surface area contributed by atoms with Gasteiger partial charge in [0, 0.05) is 22.0 Å². The van der Waals surface area contributed by atoms with Gasteiger partial charge in [0.25, 0.3) is 10.0 Å². The average molecular weight is 439 g/mol. The van der Waals surface area contributed by atoms with E-state index in [-0.39, 0.29) is 4.90 Å². The maximum Gasteiger partial charge on any atom is 0.263 e. The molecule has 150 valence electrons. The maximum atomic E-state index is 13.1. The molecular formula is C19H22N2O4S3. The maximum absolute atomic E-state index is 13.1. The number of hydrogen-bond donors (Lipinski definition) is 1. The van der Waals surface area contributed by atoms with Crippen LogP contribution in [0.2, 0.25) is 0 Å². The Morgan fingerprint density at radius 1 is 1.11 bits per heavy atom. The second kappa shape index (κ2) is 8.50. The number of nitrogens with zero attached hydrogens (tertiary/aromatic N) is 1. The van der Waals surface area contributed by atoms with Crippen LogP contribution in [0.3, 0.4) is 0 Å². The lowest BCUT2D eigenvalue weighted by molar-refractivity contribution is 0.332. The number of benzene rings is 1. The number of thiophene rings is 1. The van der Waals surface area contributed by atoms with Crippen LogP contribution < -0.4 is 14.2 Å². The third-order valence-corrected chi connectivity index (χ3v) is 7.60. The Hall–Kier alpha value is -2.10. The van der Waals surface area contributed by atoms with Crippen LogP contribution in [0.15, 0.2) is 34.5 Å². The minimum absolute atomic E-state index is 0.240. The van der Waals surface area contributed by atoms with Crippen molar-refractivity contribution in [2.24, 2.45) is 0 Å². The van der Waals surface area contributed by atoms with E-state index < -0.39 is 10.0 Å². The summed E-state index contributed by atoms with van der Waals surface area (Å²) < 4.78 is 39.9. The molecule has 0 amide bonds. The molecule has 0 saturated heterocycles. The van der Waals surface area contributed by atoms with Gasteiger partial charge >= 0.3 is 0 Å². The van der Waals surface area contributed by atoms with Crippen molar-refractivity contribution in [2.75, 3.05) is 17.9 Å². The first-order valence-corrected chi connectivity index (χ1v) is 12.0. The Morgan fingerprint density at radius 2 is 1.86 bits per heavy atom. The van der Waals surface area contributed by atoms with Crippen LogP contribution in [-0.2, 0) is 10.0 Å². The highest BCUT2D eigenvalue weighted by molar-refractivity contribution is 7.93. The molecule has 1 N–H and O–H groups in total. The highest BCUT2D eigenvalue weighted by Crippen LogP contribution is 2.37. The van der Waals surface area contributed by atoms with Crippen LogP contribution in [0.25, 0.3) is 9.88 Å². The molecule has 0 atom stereocenters. The van der Waals surface area contributed by atoms with Crippen molar-refractivity contribution >= 4 is 38.4 Å². The summed E-state index contributed by atoms with van der Waals surface area (Å²) in [7, 11) is -3.80. The normalized spacial score (nSPS) is 11.4. The van der Waals surface area contributed by atoms with Crippen molar-refractivity contribution in [3.8, 4) is 21.4 Å². The molecule has 0 saturated carbocycles. The lowest BCUT2D eigenvalue weighted by Crippen LogP contribution is -2.14. The molecule has 0 fully saturated rings. The number of hydrogen-bond acceptors (Lipinski definition) is 7. The first-order valence-electron chi connectivity index (χ1n) is 8.79. The van der Waals surface area contributed by atoms with Gasteiger partial charge in [-0.1, -0.05) is 0 Å². The zero-order valence-electron chi connectivity index (χ0n) is 16.1. The number of ether oxygens (including phenoxy) is 2. The van der Waals surface area contributed by atoms with Crippen LogP contribution in [0.1, 0.15) is 24.4 Å². The summed E-state index contributed by atoms with van der Waals surface area (Å²) >= 11 is 2.92. The van der Waals surface area contributed by atoms with E-state index in [2.05, 4.69) is 9.71 Å². The SMILES string of the molecule is CCOc1ccc(OCC)c(NS(=O)(=O)c2cc(-c3nc(C)cs3)sc2C)c1. The summed E-state index contributed by atoms with van der Waals surface area (Å²) in [5, 5.41) is 2.77.